The van der Waals surface area contributed by atoms with Crippen molar-refractivity contribution >= 4 is 5.91 Å². The first-order valence-corrected chi connectivity index (χ1v) is 7.65. The second kappa shape index (κ2) is 7.38. The van der Waals surface area contributed by atoms with Gasteiger partial charge in [-0.25, -0.2) is 4.98 Å². The molecule has 0 aliphatic carbocycles. The minimum absolute atomic E-state index is 0.0513. The molecule has 0 radical (unpaired) electrons. The Hall–Kier alpha value is -1.43. The van der Waals surface area contributed by atoms with Crippen LogP contribution < -0.4 is 5.32 Å². The fourth-order valence-electron chi connectivity index (χ4n) is 2.61. The summed E-state index contributed by atoms with van der Waals surface area (Å²) in [6, 6.07) is 0. The molecule has 0 aromatic carbocycles. The van der Waals surface area contributed by atoms with Gasteiger partial charge in [0.2, 0.25) is 5.82 Å². The Labute approximate surface area is 120 Å². The normalized spacial score (nSPS) is 16.3. The largest absolute Gasteiger partial charge is 0.336 e. The Kier molecular flexibility index (Phi) is 5.52. The molecule has 0 saturated carbocycles. The second-order valence-corrected chi connectivity index (χ2v) is 5.39. The van der Waals surface area contributed by atoms with Gasteiger partial charge in [0.05, 0.1) is 0 Å². The lowest BCUT2D eigenvalue weighted by molar-refractivity contribution is 0.0715. The van der Waals surface area contributed by atoms with Crippen molar-refractivity contribution in [2.75, 3.05) is 26.2 Å². The van der Waals surface area contributed by atoms with Crippen molar-refractivity contribution in [2.24, 2.45) is 5.92 Å². The summed E-state index contributed by atoms with van der Waals surface area (Å²) in [6.45, 7) is 7.72. The van der Waals surface area contributed by atoms with E-state index in [1.165, 1.54) is 0 Å². The number of piperidine rings is 1. The molecule has 1 aromatic rings. The highest BCUT2D eigenvalue weighted by atomic mass is 16.2. The number of amides is 1. The fraction of sp³-hybridized carbons (Fsp3) is 0.786. The van der Waals surface area contributed by atoms with Gasteiger partial charge in [-0.1, -0.05) is 6.92 Å². The zero-order chi connectivity index (χ0) is 14.4. The van der Waals surface area contributed by atoms with E-state index in [4.69, 9.17) is 0 Å². The number of aryl methyl sites for hydroxylation is 1. The van der Waals surface area contributed by atoms with Gasteiger partial charge in [-0.2, -0.15) is 0 Å². The minimum Gasteiger partial charge on any atom is -0.336 e. The van der Waals surface area contributed by atoms with Crippen molar-refractivity contribution in [3.8, 4) is 0 Å². The molecule has 0 unspecified atom stereocenters. The Morgan fingerprint density at radius 1 is 1.35 bits per heavy atom. The van der Waals surface area contributed by atoms with E-state index < -0.39 is 0 Å². The van der Waals surface area contributed by atoms with Crippen LogP contribution in [0.4, 0.5) is 0 Å². The second-order valence-electron chi connectivity index (χ2n) is 5.39. The summed E-state index contributed by atoms with van der Waals surface area (Å²) < 4.78 is 0. The first-order valence-electron chi connectivity index (χ1n) is 7.65. The lowest BCUT2D eigenvalue weighted by Gasteiger charge is -2.28. The van der Waals surface area contributed by atoms with Gasteiger partial charge in [-0.05, 0) is 45.2 Å². The zero-order valence-electron chi connectivity index (χ0n) is 12.5. The van der Waals surface area contributed by atoms with Crippen LogP contribution in [-0.2, 0) is 6.42 Å². The summed E-state index contributed by atoms with van der Waals surface area (Å²) in [4.78, 5) is 18.6. The summed E-state index contributed by atoms with van der Waals surface area (Å²) in [6.07, 6.45) is 4.10. The molecule has 1 aromatic heterocycles. The van der Waals surface area contributed by atoms with Crippen LogP contribution in [0.15, 0.2) is 0 Å². The molecule has 0 spiro atoms. The number of rotatable bonds is 6. The fourth-order valence-corrected chi connectivity index (χ4v) is 2.61. The summed E-state index contributed by atoms with van der Waals surface area (Å²) in [5.41, 5.74) is 0. The maximum absolute atomic E-state index is 12.4. The first kappa shape index (κ1) is 15.0. The number of nitrogens with one attached hydrogen (secondary N) is 2. The third-order valence-corrected chi connectivity index (χ3v) is 3.82. The quantitative estimate of drug-likeness (QED) is 0.821. The highest BCUT2D eigenvalue weighted by Crippen LogP contribution is 2.14. The molecule has 2 heterocycles. The van der Waals surface area contributed by atoms with Crippen LogP contribution in [0.3, 0.4) is 0 Å². The van der Waals surface area contributed by atoms with Gasteiger partial charge in [0.25, 0.3) is 5.91 Å². The van der Waals surface area contributed by atoms with E-state index in [1.54, 1.807) is 0 Å². The molecule has 1 saturated heterocycles. The Bertz CT molecular complexity index is 425. The van der Waals surface area contributed by atoms with Gasteiger partial charge >= 0.3 is 0 Å². The van der Waals surface area contributed by atoms with E-state index in [1.807, 2.05) is 11.8 Å². The number of aromatic amines is 1. The van der Waals surface area contributed by atoms with Crippen LogP contribution in [0.5, 0.6) is 0 Å². The minimum atomic E-state index is -0.0513. The van der Waals surface area contributed by atoms with Gasteiger partial charge in [0.1, 0.15) is 5.82 Å². The maximum atomic E-state index is 12.4. The van der Waals surface area contributed by atoms with Gasteiger partial charge in [0.15, 0.2) is 0 Å². The third-order valence-electron chi connectivity index (χ3n) is 3.82. The molecular weight excluding hydrogens is 254 g/mol. The number of carbonyl (C=O) groups excluding carboxylic acids is 1. The maximum Gasteiger partial charge on any atom is 0.293 e. The molecule has 1 fully saturated rings. The van der Waals surface area contributed by atoms with Crippen molar-refractivity contribution < 1.29 is 4.79 Å². The molecule has 20 heavy (non-hydrogen) atoms. The lowest BCUT2D eigenvalue weighted by atomic mass is 9.97. The van der Waals surface area contributed by atoms with E-state index >= 15 is 0 Å². The third kappa shape index (κ3) is 3.79. The van der Waals surface area contributed by atoms with E-state index in [2.05, 4.69) is 27.4 Å². The number of hydrogen-bond donors (Lipinski definition) is 2. The molecular formula is C14H25N5O. The number of carbonyl (C=O) groups is 1. The van der Waals surface area contributed by atoms with Crippen molar-refractivity contribution in [3.05, 3.63) is 11.6 Å². The summed E-state index contributed by atoms with van der Waals surface area (Å²) >= 11 is 0. The lowest BCUT2D eigenvalue weighted by Crippen LogP contribution is -2.39. The molecule has 1 amide bonds. The Morgan fingerprint density at radius 2 is 2.10 bits per heavy atom. The number of aromatic nitrogens is 3. The van der Waals surface area contributed by atoms with E-state index in [0.717, 1.165) is 51.1 Å². The van der Waals surface area contributed by atoms with Gasteiger partial charge in [-0.3, -0.25) is 9.89 Å². The summed E-state index contributed by atoms with van der Waals surface area (Å²) in [5.74, 6) is 1.65. The molecule has 6 heteroatoms. The van der Waals surface area contributed by atoms with Crippen molar-refractivity contribution in [1.29, 1.82) is 0 Å². The van der Waals surface area contributed by atoms with E-state index in [9.17, 15) is 4.79 Å². The standard InChI is InChI=1S/C14H25N5O/c1-3-5-12-16-13(18-17-12)14(20)19(4-2)10-11-6-8-15-9-7-11/h11,15H,3-10H2,1-2H3,(H,16,17,18). The van der Waals surface area contributed by atoms with Crippen LogP contribution in [-0.4, -0.2) is 52.2 Å². The first-order chi connectivity index (χ1) is 9.74. The molecule has 0 bridgehead atoms. The molecule has 1 aliphatic heterocycles. The zero-order valence-corrected chi connectivity index (χ0v) is 12.5. The molecule has 2 rings (SSSR count). The van der Waals surface area contributed by atoms with Crippen molar-refractivity contribution in [2.45, 2.75) is 39.5 Å². The average molecular weight is 279 g/mol. The average Bonchev–Trinajstić information content (AvgIpc) is 2.94. The molecule has 2 N–H and O–H groups in total. The molecule has 0 atom stereocenters. The highest BCUT2D eigenvalue weighted by Gasteiger charge is 2.23. The highest BCUT2D eigenvalue weighted by molar-refractivity contribution is 5.90. The van der Waals surface area contributed by atoms with Crippen LogP contribution >= 0.6 is 0 Å². The summed E-state index contributed by atoms with van der Waals surface area (Å²) in [5, 5.41) is 10.3. The van der Waals surface area contributed by atoms with Gasteiger partial charge < -0.3 is 10.2 Å². The predicted octanol–water partition coefficient (Wildman–Crippen LogP) is 1.22. The predicted molar refractivity (Wildman–Crippen MR) is 77.5 cm³/mol. The number of nitrogens with zero attached hydrogens (tertiary/aromatic N) is 3. The molecule has 1 aliphatic rings. The number of H-pyrrole nitrogens is 1. The number of hydrogen-bond acceptors (Lipinski definition) is 4. The van der Waals surface area contributed by atoms with Crippen LogP contribution in [0.1, 0.15) is 49.6 Å². The van der Waals surface area contributed by atoms with Crippen molar-refractivity contribution in [1.82, 2.24) is 25.4 Å². The van der Waals surface area contributed by atoms with E-state index in [0.29, 0.717) is 18.3 Å². The topological polar surface area (TPSA) is 73.9 Å². The van der Waals surface area contributed by atoms with E-state index in [-0.39, 0.29) is 5.91 Å². The summed E-state index contributed by atoms with van der Waals surface area (Å²) in [7, 11) is 0. The van der Waals surface area contributed by atoms with Crippen LogP contribution in [0, 0.1) is 5.92 Å². The molecule has 6 nitrogen and oxygen atoms in total. The Balaban J connectivity index is 1.96. The van der Waals surface area contributed by atoms with Gasteiger partial charge in [-0.15, -0.1) is 5.10 Å². The van der Waals surface area contributed by atoms with Crippen LogP contribution in [0.2, 0.25) is 0 Å². The smallest absolute Gasteiger partial charge is 0.293 e. The molecule has 112 valence electrons. The van der Waals surface area contributed by atoms with Gasteiger partial charge in [0, 0.05) is 19.5 Å². The van der Waals surface area contributed by atoms with Crippen molar-refractivity contribution in [3.63, 3.8) is 0 Å². The Morgan fingerprint density at radius 3 is 2.75 bits per heavy atom. The SMILES string of the molecule is CCCc1nc(C(=O)N(CC)CC2CCNCC2)n[nH]1. The monoisotopic (exact) mass is 279 g/mol. The van der Waals surface area contributed by atoms with Crippen LogP contribution in [0.25, 0.3) is 0 Å².